The van der Waals surface area contributed by atoms with Gasteiger partial charge in [-0.05, 0) is 27.9 Å². The molecule has 0 saturated carbocycles. The van der Waals surface area contributed by atoms with Crippen molar-refractivity contribution < 1.29 is 0 Å². The van der Waals surface area contributed by atoms with Crippen molar-refractivity contribution >= 4 is 24.8 Å². The molecule has 0 unspecified atom stereocenters. The zero-order chi connectivity index (χ0) is 6.62. The highest BCUT2D eigenvalue weighted by Gasteiger charge is 2.11. The molecule has 0 rings (SSSR count). The Balaban J connectivity index is -0.000000245. The summed E-state index contributed by atoms with van der Waals surface area (Å²) in [5.41, 5.74) is 0.231. The summed E-state index contributed by atoms with van der Waals surface area (Å²) >= 11 is 0. The number of halogens is 2. The van der Waals surface area contributed by atoms with E-state index in [9.17, 15) is 0 Å². The maximum absolute atomic E-state index is 3.18. The predicted octanol–water partition coefficient (Wildman–Crippen LogP) is 1.05. The van der Waals surface area contributed by atoms with E-state index in [1.54, 1.807) is 0 Å². The first-order valence-corrected chi connectivity index (χ1v) is 2.96. The second-order valence-electron chi connectivity index (χ2n) is 2.66. The van der Waals surface area contributed by atoms with Gasteiger partial charge in [0, 0.05) is 12.1 Å². The van der Waals surface area contributed by atoms with Crippen LogP contribution in [0.15, 0.2) is 0 Å². The summed E-state index contributed by atoms with van der Waals surface area (Å²) in [6.45, 7) is 5.32. The second-order valence-corrected chi connectivity index (χ2v) is 2.66. The zero-order valence-electron chi connectivity index (χ0n) is 7.02. The van der Waals surface area contributed by atoms with Crippen molar-refractivity contribution in [3.8, 4) is 0 Å². The molecule has 2 nitrogen and oxygen atoms in total. The molecule has 0 aliphatic rings. The number of rotatable bonds is 3. The van der Waals surface area contributed by atoms with Gasteiger partial charge in [-0.3, -0.25) is 0 Å². The van der Waals surface area contributed by atoms with Gasteiger partial charge in [-0.15, -0.1) is 24.8 Å². The van der Waals surface area contributed by atoms with E-state index in [-0.39, 0.29) is 30.4 Å². The van der Waals surface area contributed by atoms with Crippen LogP contribution in [0.2, 0.25) is 0 Å². The molecule has 0 aromatic heterocycles. The Morgan fingerprint density at radius 3 is 1.60 bits per heavy atom. The quantitative estimate of drug-likeness (QED) is 0.693. The first-order valence-electron chi connectivity index (χ1n) is 2.96. The summed E-state index contributed by atoms with van der Waals surface area (Å²) in [5, 5.41) is 6.28. The van der Waals surface area contributed by atoms with E-state index in [0.29, 0.717) is 0 Å². The minimum Gasteiger partial charge on any atom is -0.318 e. The molecule has 0 heterocycles. The van der Waals surface area contributed by atoms with Crippen molar-refractivity contribution in [1.82, 2.24) is 10.6 Å². The van der Waals surface area contributed by atoms with E-state index in [1.807, 2.05) is 14.1 Å². The van der Waals surface area contributed by atoms with E-state index in [0.717, 1.165) is 6.54 Å². The van der Waals surface area contributed by atoms with E-state index in [2.05, 4.69) is 24.5 Å². The Kier molecular flexibility index (Phi) is 12.8. The first-order chi connectivity index (χ1) is 3.62. The fourth-order valence-electron chi connectivity index (χ4n) is 0.530. The van der Waals surface area contributed by atoms with Gasteiger partial charge < -0.3 is 10.6 Å². The van der Waals surface area contributed by atoms with E-state index in [1.165, 1.54) is 0 Å². The average Bonchev–Trinajstić information content (AvgIpc) is 1.67. The normalized spacial score (nSPS) is 9.60. The molecule has 0 bridgehead atoms. The second kappa shape index (κ2) is 7.61. The molecule has 0 spiro atoms. The van der Waals surface area contributed by atoms with Crippen molar-refractivity contribution in [2.45, 2.75) is 19.4 Å². The third-order valence-corrected chi connectivity index (χ3v) is 1.30. The molecule has 0 fully saturated rings. The monoisotopic (exact) mass is 188 g/mol. The van der Waals surface area contributed by atoms with Crippen LogP contribution in [0.1, 0.15) is 13.8 Å². The molecule has 0 aliphatic carbocycles. The van der Waals surface area contributed by atoms with Crippen LogP contribution < -0.4 is 10.6 Å². The van der Waals surface area contributed by atoms with Gasteiger partial charge in [-0.1, -0.05) is 0 Å². The summed E-state index contributed by atoms with van der Waals surface area (Å²) < 4.78 is 0. The molecule has 0 aliphatic heterocycles. The third-order valence-electron chi connectivity index (χ3n) is 1.30. The Bertz CT molecular complexity index is 66.8. The van der Waals surface area contributed by atoms with Gasteiger partial charge in [0.15, 0.2) is 0 Å². The Morgan fingerprint density at radius 1 is 1.10 bits per heavy atom. The molecule has 4 heteroatoms. The Morgan fingerprint density at radius 2 is 1.50 bits per heavy atom. The largest absolute Gasteiger partial charge is 0.318 e. The SMILES string of the molecule is CNCC(C)(C)NC.Cl.Cl. The van der Waals surface area contributed by atoms with Gasteiger partial charge in [0.05, 0.1) is 0 Å². The minimum absolute atomic E-state index is 0. The van der Waals surface area contributed by atoms with Crippen molar-refractivity contribution in [2.75, 3.05) is 20.6 Å². The maximum atomic E-state index is 3.18. The number of nitrogens with one attached hydrogen (secondary N) is 2. The van der Waals surface area contributed by atoms with Gasteiger partial charge in [0.25, 0.3) is 0 Å². The van der Waals surface area contributed by atoms with Crippen LogP contribution in [-0.4, -0.2) is 26.2 Å². The van der Waals surface area contributed by atoms with Crippen molar-refractivity contribution in [3.05, 3.63) is 0 Å². The summed E-state index contributed by atoms with van der Waals surface area (Å²) in [4.78, 5) is 0. The fraction of sp³-hybridized carbons (Fsp3) is 1.00. The van der Waals surface area contributed by atoms with E-state index in [4.69, 9.17) is 0 Å². The molecule has 66 valence electrons. The van der Waals surface area contributed by atoms with E-state index >= 15 is 0 Å². The van der Waals surface area contributed by atoms with Gasteiger partial charge in [0.2, 0.25) is 0 Å². The van der Waals surface area contributed by atoms with E-state index < -0.39 is 0 Å². The van der Waals surface area contributed by atoms with Crippen molar-refractivity contribution in [1.29, 1.82) is 0 Å². The van der Waals surface area contributed by atoms with Gasteiger partial charge >= 0.3 is 0 Å². The minimum atomic E-state index is 0. The first kappa shape index (κ1) is 16.8. The fourth-order valence-corrected chi connectivity index (χ4v) is 0.530. The topological polar surface area (TPSA) is 24.1 Å². The Labute approximate surface area is 76.0 Å². The lowest BCUT2D eigenvalue weighted by atomic mass is 10.1. The molecule has 0 amide bonds. The van der Waals surface area contributed by atoms with Crippen LogP contribution in [0.3, 0.4) is 0 Å². The number of likely N-dealkylation sites (N-methyl/N-ethyl adjacent to an activating group) is 2. The molecular formula is C6H18Cl2N2. The van der Waals surface area contributed by atoms with Crippen LogP contribution in [-0.2, 0) is 0 Å². The number of hydrogen-bond donors (Lipinski definition) is 2. The summed E-state index contributed by atoms with van der Waals surface area (Å²) in [5.74, 6) is 0. The molecule has 0 aromatic carbocycles. The Hall–Kier alpha value is 0.500. The zero-order valence-corrected chi connectivity index (χ0v) is 8.66. The van der Waals surface area contributed by atoms with Crippen LogP contribution in [0, 0.1) is 0 Å². The summed E-state index contributed by atoms with van der Waals surface area (Å²) in [7, 11) is 3.93. The number of hydrogen-bond acceptors (Lipinski definition) is 2. The maximum Gasteiger partial charge on any atom is 0.0246 e. The van der Waals surface area contributed by atoms with Gasteiger partial charge in [-0.25, -0.2) is 0 Å². The van der Waals surface area contributed by atoms with Crippen LogP contribution >= 0.6 is 24.8 Å². The summed E-state index contributed by atoms with van der Waals surface area (Å²) in [6, 6.07) is 0. The van der Waals surface area contributed by atoms with Crippen LogP contribution in [0.5, 0.6) is 0 Å². The van der Waals surface area contributed by atoms with Crippen LogP contribution in [0.4, 0.5) is 0 Å². The average molecular weight is 189 g/mol. The standard InChI is InChI=1S/C6H16N2.2ClH/c1-6(2,8-4)5-7-3;;/h7-8H,5H2,1-4H3;2*1H. The van der Waals surface area contributed by atoms with Crippen LogP contribution in [0.25, 0.3) is 0 Å². The lowest BCUT2D eigenvalue weighted by Crippen LogP contribution is -2.44. The van der Waals surface area contributed by atoms with Crippen molar-refractivity contribution in [2.24, 2.45) is 0 Å². The smallest absolute Gasteiger partial charge is 0.0246 e. The molecular weight excluding hydrogens is 171 g/mol. The summed E-state index contributed by atoms with van der Waals surface area (Å²) in [6.07, 6.45) is 0. The lowest BCUT2D eigenvalue weighted by molar-refractivity contribution is 0.408. The molecule has 10 heavy (non-hydrogen) atoms. The van der Waals surface area contributed by atoms with Gasteiger partial charge in [-0.2, -0.15) is 0 Å². The molecule has 0 saturated heterocycles. The predicted molar refractivity (Wildman–Crippen MR) is 51.6 cm³/mol. The highest BCUT2D eigenvalue weighted by atomic mass is 35.5. The molecule has 0 radical (unpaired) electrons. The molecule has 0 aromatic rings. The molecule has 2 N–H and O–H groups in total. The highest BCUT2D eigenvalue weighted by Crippen LogP contribution is 1.95. The lowest BCUT2D eigenvalue weighted by Gasteiger charge is -2.22. The molecule has 0 atom stereocenters. The third kappa shape index (κ3) is 8.50. The van der Waals surface area contributed by atoms with Gasteiger partial charge in [0.1, 0.15) is 0 Å². The van der Waals surface area contributed by atoms with Crippen molar-refractivity contribution in [3.63, 3.8) is 0 Å². The highest BCUT2D eigenvalue weighted by molar-refractivity contribution is 5.85.